The van der Waals surface area contributed by atoms with E-state index in [1.54, 1.807) is 6.20 Å². The van der Waals surface area contributed by atoms with Crippen LogP contribution in [0.3, 0.4) is 0 Å². The van der Waals surface area contributed by atoms with Crippen molar-refractivity contribution in [1.29, 1.82) is 0 Å². The Bertz CT molecular complexity index is 667. The van der Waals surface area contributed by atoms with E-state index in [1.807, 2.05) is 38.3 Å². The van der Waals surface area contributed by atoms with Gasteiger partial charge in [-0.2, -0.15) is 0 Å². The number of allylic oxidation sites excluding steroid dienone is 1. The summed E-state index contributed by atoms with van der Waals surface area (Å²) >= 11 is 0. The monoisotopic (exact) mass is 357 g/mol. The zero-order valence-electron chi connectivity index (χ0n) is 16.4. The molecule has 1 aromatic heterocycles. The summed E-state index contributed by atoms with van der Waals surface area (Å²) in [7, 11) is 0. The van der Waals surface area contributed by atoms with Crippen LogP contribution in [0.15, 0.2) is 41.2 Å². The van der Waals surface area contributed by atoms with Gasteiger partial charge in [0.05, 0.1) is 16.8 Å². The van der Waals surface area contributed by atoms with Crippen LogP contribution in [0.1, 0.15) is 59.1 Å². The SMILES string of the molecule is CCC(C)(CC(C)(C)N(CC1=CCCC=N1)Cc1ccccn1)C(=O)O. The van der Waals surface area contributed by atoms with Crippen molar-refractivity contribution < 1.29 is 9.90 Å². The molecule has 142 valence electrons. The fraction of sp³-hybridized carbons (Fsp3) is 0.571. The highest BCUT2D eigenvalue weighted by Crippen LogP contribution is 2.36. The number of carbonyl (C=O) groups is 1. The smallest absolute Gasteiger partial charge is 0.309 e. The first-order valence-corrected chi connectivity index (χ1v) is 9.37. The molecule has 5 nitrogen and oxygen atoms in total. The number of carboxylic acids is 1. The summed E-state index contributed by atoms with van der Waals surface area (Å²) in [5.41, 5.74) is 0.966. The summed E-state index contributed by atoms with van der Waals surface area (Å²) < 4.78 is 0. The molecule has 1 N–H and O–H groups in total. The van der Waals surface area contributed by atoms with Gasteiger partial charge >= 0.3 is 5.97 Å². The lowest BCUT2D eigenvalue weighted by Crippen LogP contribution is -2.49. The van der Waals surface area contributed by atoms with Gasteiger partial charge in [0.1, 0.15) is 0 Å². The number of hydrogen-bond acceptors (Lipinski definition) is 4. The van der Waals surface area contributed by atoms with Gasteiger partial charge in [0.2, 0.25) is 0 Å². The highest BCUT2D eigenvalue weighted by Gasteiger charge is 2.40. The molecule has 0 amide bonds. The Morgan fingerprint density at radius 2 is 2.00 bits per heavy atom. The van der Waals surface area contributed by atoms with Gasteiger partial charge in [0.25, 0.3) is 0 Å². The largest absolute Gasteiger partial charge is 0.481 e. The number of aliphatic imine (C=N–C) groups is 1. The van der Waals surface area contributed by atoms with Crippen LogP contribution in [0.4, 0.5) is 0 Å². The van der Waals surface area contributed by atoms with E-state index in [2.05, 4.69) is 34.8 Å². The maximum atomic E-state index is 11.8. The Kier molecular flexibility index (Phi) is 6.70. The van der Waals surface area contributed by atoms with Crippen molar-refractivity contribution in [2.24, 2.45) is 10.4 Å². The topological polar surface area (TPSA) is 65.8 Å². The molecule has 0 spiro atoms. The molecule has 0 fully saturated rings. The van der Waals surface area contributed by atoms with Crippen LogP contribution in [0.2, 0.25) is 0 Å². The molecular weight excluding hydrogens is 326 g/mol. The van der Waals surface area contributed by atoms with E-state index < -0.39 is 11.4 Å². The van der Waals surface area contributed by atoms with Crippen molar-refractivity contribution in [3.05, 3.63) is 41.9 Å². The number of carboxylic acid groups (broad SMARTS) is 1. The van der Waals surface area contributed by atoms with Crippen LogP contribution in [0.5, 0.6) is 0 Å². The minimum absolute atomic E-state index is 0.311. The van der Waals surface area contributed by atoms with Gasteiger partial charge in [-0.25, -0.2) is 0 Å². The second-order valence-corrected chi connectivity index (χ2v) is 7.97. The minimum Gasteiger partial charge on any atom is -0.481 e. The molecule has 0 aromatic carbocycles. The average Bonchev–Trinajstić information content (AvgIpc) is 2.62. The second-order valence-electron chi connectivity index (χ2n) is 7.97. The summed E-state index contributed by atoms with van der Waals surface area (Å²) in [6, 6.07) is 5.91. The average molecular weight is 357 g/mol. The zero-order chi connectivity index (χ0) is 19.2. The van der Waals surface area contributed by atoms with E-state index in [1.165, 1.54) is 0 Å². The van der Waals surface area contributed by atoms with Crippen molar-refractivity contribution in [3.63, 3.8) is 0 Å². The Balaban J connectivity index is 2.26. The van der Waals surface area contributed by atoms with Gasteiger partial charge < -0.3 is 5.11 Å². The lowest BCUT2D eigenvalue weighted by molar-refractivity contribution is -0.150. The molecule has 0 saturated carbocycles. The predicted molar refractivity (Wildman–Crippen MR) is 105 cm³/mol. The predicted octanol–water partition coefficient (Wildman–Crippen LogP) is 4.30. The van der Waals surface area contributed by atoms with Crippen LogP contribution in [0.25, 0.3) is 0 Å². The van der Waals surface area contributed by atoms with E-state index in [-0.39, 0.29) is 5.54 Å². The number of aromatic nitrogens is 1. The number of nitrogens with zero attached hydrogens (tertiary/aromatic N) is 3. The zero-order valence-corrected chi connectivity index (χ0v) is 16.4. The molecule has 1 aliphatic rings. The first kappa shape index (κ1) is 20.3. The molecule has 0 bridgehead atoms. The Morgan fingerprint density at radius 3 is 2.54 bits per heavy atom. The lowest BCUT2D eigenvalue weighted by atomic mass is 9.75. The van der Waals surface area contributed by atoms with Crippen molar-refractivity contribution in [2.75, 3.05) is 6.54 Å². The lowest BCUT2D eigenvalue weighted by Gasteiger charge is -2.43. The summed E-state index contributed by atoms with van der Waals surface area (Å²) in [5, 5.41) is 9.72. The van der Waals surface area contributed by atoms with Crippen molar-refractivity contribution in [2.45, 2.75) is 65.5 Å². The third kappa shape index (κ3) is 5.24. The summed E-state index contributed by atoms with van der Waals surface area (Å²) in [4.78, 5) is 23.1. The molecule has 26 heavy (non-hydrogen) atoms. The molecular formula is C21H31N3O2. The van der Waals surface area contributed by atoms with Crippen LogP contribution in [-0.4, -0.2) is 39.3 Å². The fourth-order valence-electron chi connectivity index (χ4n) is 3.45. The van der Waals surface area contributed by atoms with E-state index >= 15 is 0 Å². The Morgan fingerprint density at radius 1 is 1.23 bits per heavy atom. The Hall–Kier alpha value is -2.01. The van der Waals surface area contributed by atoms with Crippen molar-refractivity contribution >= 4 is 12.2 Å². The quantitative estimate of drug-likeness (QED) is 0.715. The molecule has 2 heterocycles. The molecule has 1 aromatic rings. The normalized spacial score (nSPS) is 17.0. The highest BCUT2D eigenvalue weighted by atomic mass is 16.4. The maximum Gasteiger partial charge on any atom is 0.309 e. The minimum atomic E-state index is -0.754. The third-order valence-electron chi connectivity index (χ3n) is 5.34. The van der Waals surface area contributed by atoms with Crippen molar-refractivity contribution in [1.82, 2.24) is 9.88 Å². The standard InChI is InChI=1S/C21H31N3O2/c1-5-21(4,19(25)26)16-20(2,3)24(14-17-10-6-8-12-22-17)15-18-11-7-9-13-23-18/h6,8,10-13H,5,7,9,14-16H2,1-4H3,(H,25,26). The first-order valence-electron chi connectivity index (χ1n) is 9.37. The maximum absolute atomic E-state index is 11.8. The van der Waals surface area contributed by atoms with E-state index in [4.69, 9.17) is 0 Å². The van der Waals surface area contributed by atoms with Gasteiger partial charge in [-0.3, -0.25) is 19.7 Å². The molecule has 0 radical (unpaired) electrons. The number of aliphatic carboxylic acids is 1. The number of pyridine rings is 1. The van der Waals surface area contributed by atoms with Gasteiger partial charge in [-0.05, 0) is 58.6 Å². The van der Waals surface area contributed by atoms with Gasteiger partial charge in [-0.1, -0.05) is 19.1 Å². The molecule has 1 atom stereocenters. The van der Waals surface area contributed by atoms with E-state index in [9.17, 15) is 9.90 Å². The molecule has 1 aliphatic heterocycles. The van der Waals surface area contributed by atoms with Gasteiger partial charge in [0, 0.05) is 31.0 Å². The van der Waals surface area contributed by atoms with Crippen LogP contribution >= 0.6 is 0 Å². The summed E-state index contributed by atoms with van der Waals surface area (Å²) in [5.74, 6) is -0.735. The molecule has 2 rings (SSSR count). The molecule has 0 saturated heterocycles. The van der Waals surface area contributed by atoms with Crippen LogP contribution in [0, 0.1) is 5.41 Å². The number of hydrogen-bond donors (Lipinski definition) is 1. The van der Waals surface area contributed by atoms with Crippen LogP contribution in [-0.2, 0) is 11.3 Å². The van der Waals surface area contributed by atoms with Crippen molar-refractivity contribution in [3.8, 4) is 0 Å². The second kappa shape index (κ2) is 8.58. The molecule has 5 heteroatoms. The van der Waals surface area contributed by atoms with E-state index in [0.717, 1.165) is 24.2 Å². The van der Waals surface area contributed by atoms with Gasteiger partial charge in [0.15, 0.2) is 0 Å². The Labute approximate surface area is 156 Å². The van der Waals surface area contributed by atoms with E-state index in [0.29, 0.717) is 25.9 Å². The summed E-state index contributed by atoms with van der Waals surface area (Å²) in [6.45, 7) is 9.40. The highest BCUT2D eigenvalue weighted by molar-refractivity contribution is 5.74. The molecule has 0 aliphatic carbocycles. The molecule has 1 unspecified atom stereocenters. The first-order chi connectivity index (χ1) is 12.3. The van der Waals surface area contributed by atoms with Gasteiger partial charge in [-0.15, -0.1) is 0 Å². The number of rotatable bonds is 9. The summed E-state index contributed by atoms with van der Waals surface area (Å²) in [6.07, 6.45) is 9.11. The third-order valence-corrected chi connectivity index (χ3v) is 5.34. The van der Waals surface area contributed by atoms with Crippen LogP contribution < -0.4 is 0 Å². The fourth-order valence-corrected chi connectivity index (χ4v) is 3.45.